The molecule has 0 saturated carbocycles. The van der Waals surface area contributed by atoms with Crippen molar-refractivity contribution in [2.24, 2.45) is 0 Å². The molecule has 0 spiro atoms. The Balaban J connectivity index is 1.87. The Morgan fingerprint density at radius 1 is 0.692 bits per heavy atom. The Morgan fingerprint density at radius 2 is 1.23 bits per heavy atom. The maximum atomic E-state index is 11.9. The monoisotopic (exact) mass is 386 g/mol. The van der Waals surface area contributed by atoms with E-state index in [9.17, 15) is 8.42 Å². The molecule has 0 aliphatic rings. The summed E-state index contributed by atoms with van der Waals surface area (Å²) in [4.78, 5) is 0.161. The van der Waals surface area contributed by atoms with E-state index in [1.54, 1.807) is 18.2 Å². The number of benzene rings is 1. The first-order valence-electron chi connectivity index (χ1n) is 9.77. The van der Waals surface area contributed by atoms with Crippen LogP contribution in [0.5, 0.6) is 0 Å². The Bertz CT molecular complexity index is 530. The van der Waals surface area contributed by atoms with Gasteiger partial charge in [-0.1, -0.05) is 70.1 Å². The van der Waals surface area contributed by atoms with Gasteiger partial charge in [-0.05, 0) is 18.6 Å². The van der Waals surface area contributed by atoms with E-state index in [0.717, 1.165) is 13.0 Å². The van der Waals surface area contributed by atoms with Gasteiger partial charge in [0, 0.05) is 6.61 Å². The summed E-state index contributed by atoms with van der Waals surface area (Å²) in [5.74, 6) is 0. The second-order valence-corrected chi connectivity index (χ2v) is 7.90. The van der Waals surface area contributed by atoms with Gasteiger partial charge in [-0.2, -0.15) is 8.42 Å². The Hall–Kier alpha value is -0.950. The standard InChI is InChI=1S/C20H34O5S/c1-2-3-4-5-6-7-8-12-15-23-16-17-24-18-19-25-26(21,22)20-13-10-9-11-14-20/h9-11,13-14H,2-8,12,15-19H2,1H3. The predicted octanol–water partition coefficient (Wildman–Crippen LogP) is 4.57. The fourth-order valence-corrected chi connectivity index (χ4v) is 3.43. The maximum Gasteiger partial charge on any atom is 0.297 e. The van der Waals surface area contributed by atoms with Crippen LogP contribution in [0.15, 0.2) is 35.2 Å². The van der Waals surface area contributed by atoms with Crippen LogP contribution < -0.4 is 0 Å². The molecular weight excluding hydrogens is 352 g/mol. The lowest BCUT2D eigenvalue weighted by Crippen LogP contribution is -2.13. The van der Waals surface area contributed by atoms with Crippen LogP contribution in [-0.4, -0.2) is 41.5 Å². The molecule has 0 aromatic heterocycles. The summed E-state index contributed by atoms with van der Waals surface area (Å²) in [6, 6.07) is 8.10. The van der Waals surface area contributed by atoms with Crippen LogP contribution in [0.3, 0.4) is 0 Å². The maximum absolute atomic E-state index is 11.9. The first-order valence-corrected chi connectivity index (χ1v) is 11.2. The van der Waals surface area contributed by atoms with Gasteiger partial charge in [0.15, 0.2) is 0 Å². The second-order valence-electron chi connectivity index (χ2n) is 6.29. The highest BCUT2D eigenvalue weighted by Crippen LogP contribution is 2.11. The molecule has 0 aliphatic heterocycles. The van der Waals surface area contributed by atoms with Gasteiger partial charge < -0.3 is 9.47 Å². The van der Waals surface area contributed by atoms with Crippen molar-refractivity contribution in [3.8, 4) is 0 Å². The van der Waals surface area contributed by atoms with Gasteiger partial charge in [0.05, 0.1) is 31.3 Å². The van der Waals surface area contributed by atoms with Gasteiger partial charge in [-0.25, -0.2) is 0 Å². The molecule has 0 saturated heterocycles. The van der Waals surface area contributed by atoms with Crippen molar-refractivity contribution < 1.29 is 22.1 Å². The highest BCUT2D eigenvalue weighted by Gasteiger charge is 2.13. The van der Waals surface area contributed by atoms with Crippen LogP contribution >= 0.6 is 0 Å². The van der Waals surface area contributed by atoms with E-state index in [-0.39, 0.29) is 18.1 Å². The SMILES string of the molecule is CCCCCCCCCCOCCOCCOS(=O)(=O)c1ccccc1. The van der Waals surface area contributed by atoms with E-state index < -0.39 is 10.1 Å². The molecule has 6 heteroatoms. The topological polar surface area (TPSA) is 61.8 Å². The van der Waals surface area contributed by atoms with Gasteiger partial charge in [0.1, 0.15) is 0 Å². The fourth-order valence-electron chi connectivity index (χ4n) is 2.52. The van der Waals surface area contributed by atoms with Gasteiger partial charge >= 0.3 is 0 Å². The summed E-state index contributed by atoms with van der Waals surface area (Å²) in [6.07, 6.45) is 10.3. The lowest BCUT2D eigenvalue weighted by Gasteiger charge is -2.07. The molecule has 0 N–H and O–H groups in total. The molecule has 150 valence electrons. The number of hydrogen-bond acceptors (Lipinski definition) is 5. The molecule has 1 aromatic carbocycles. The fraction of sp³-hybridized carbons (Fsp3) is 0.700. The van der Waals surface area contributed by atoms with Crippen LogP contribution in [0, 0.1) is 0 Å². The molecule has 26 heavy (non-hydrogen) atoms. The molecule has 1 aromatic rings. The minimum atomic E-state index is -3.69. The second kappa shape index (κ2) is 15.1. The van der Waals surface area contributed by atoms with Crippen molar-refractivity contribution >= 4 is 10.1 Å². The summed E-state index contributed by atoms with van der Waals surface area (Å²) in [5.41, 5.74) is 0. The molecule has 1 rings (SSSR count). The summed E-state index contributed by atoms with van der Waals surface area (Å²) < 4.78 is 39.5. The third-order valence-corrected chi connectivity index (χ3v) is 5.34. The minimum Gasteiger partial charge on any atom is -0.379 e. The molecule has 0 fully saturated rings. The smallest absolute Gasteiger partial charge is 0.297 e. The van der Waals surface area contributed by atoms with Crippen LogP contribution in [0.4, 0.5) is 0 Å². The molecule has 0 unspecified atom stereocenters. The molecule has 5 nitrogen and oxygen atoms in total. The molecule has 0 aliphatic carbocycles. The first-order chi connectivity index (χ1) is 12.7. The zero-order valence-electron chi connectivity index (χ0n) is 16.0. The normalized spacial score (nSPS) is 11.7. The third kappa shape index (κ3) is 11.6. The predicted molar refractivity (Wildman–Crippen MR) is 104 cm³/mol. The van der Waals surface area contributed by atoms with Crippen LogP contribution in [0.1, 0.15) is 58.3 Å². The van der Waals surface area contributed by atoms with E-state index >= 15 is 0 Å². The number of unbranched alkanes of at least 4 members (excludes halogenated alkanes) is 7. The summed E-state index contributed by atoms with van der Waals surface area (Å²) in [7, 11) is -3.69. The molecule has 0 atom stereocenters. The number of ether oxygens (including phenoxy) is 2. The van der Waals surface area contributed by atoms with Crippen LogP contribution in [-0.2, 0) is 23.8 Å². The van der Waals surface area contributed by atoms with Gasteiger partial charge in [-0.3, -0.25) is 4.18 Å². The van der Waals surface area contributed by atoms with E-state index in [1.165, 1.54) is 57.1 Å². The summed E-state index contributed by atoms with van der Waals surface area (Å²) in [6.45, 7) is 4.22. The van der Waals surface area contributed by atoms with E-state index in [0.29, 0.717) is 13.2 Å². The lowest BCUT2D eigenvalue weighted by atomic mass is 10.1. The largest absolute Gasteiger partial charge is 0.379 e. The summed E-state index contributed by atoms with van der Waals surface area (Å²) >= 11 is 0. The lowest BCUT2D eigenvalue weighted by molar-refractivity contribution is 0.0359. The zero-order valence-corrected chi connectivity index (χ0v) is 16.8. The van der Waals surface area contributed by atoms with Crippen molar-refractivity contribution in [2.45, 2.75) is 63.2 Å². The van der Waals surface area contributed by atoms with E-state index in [4.69, 9.17) is 13.7 Å². The zero-order chi connectivity index (χ0) is 18.9. The quantitative estimate of drug-likeness (QED) is 0.290. The average Bonchev–Trinajstić information content (AvgIpc) is 2.65. The highest BCUT2D eigenvalue weighted by molar-refractivity contribution is 7.86. The van der Waals surface area contributed by atoms with Gasteiger partial charge in [0.2, 0.25) is 0 Å². The van der Waals surface area contributed by atoms with Crippen molar-refractivity contribution in [1.29, 1.82) is 0 Å². The van der Waals surface area contributed by atoms with Gasteiger partial charge in [-0.15, -0.1) is 0 Å². The van der Waals surface area contributed by atoms with Crippen molar-refractivity contribution in [3.63, 3.8) is 0 Å². The van der Waals surface area contributed by atoms with E-state index in [2.05, 4.69) is 6.92 Å². The van der Waals surface area contributed by atoms with Crippen molar-refractivity contribution in [1.82, 2.24) is 0 Å². The van der Waals surface area contributed by atoms with Crippen LogP contribution in [0.25, 0.3) is 0 Å². The molecular formula is C20H34O5S. The molecule has 0 amide bonds. The Morgan fingerprint density at radius 3 is 1.88 bits per heavy atom. The molecule has 0 bridgehead atoms. The van der Waals surface area contributed by atoms with Crippen molar-refractivity contribution in [2.75, 3.05) is 33.0 Å². The highest BCUT2D eigenvalue weighted by atomic mass is 32.2. The number of rotatable bonds is 17. The molecule has 0 radical (unpaired) electrons. The minimum absolute atomic E-state index is 0.00919. The Kier molecular flexibility index (Phi) is 13.4. The third-order valence-electron chi connectivity index (χ3n) is 4.01. The van der Waals surface area contributed by atoms with Gasteiger partial charge in [0.25, 0.3) is 10.1 Å². The summed E-state index contributed by atoms with van der Waals surface area (Å²) in [5, 5.41) is 0. The Labute approximate surface area is 159 Å². The van der Waals surface area contributed by atoms with Crippen molar-refractivity contribution in [3.05, 3.63) is 30.3 Å². The first kappa shape index (κ1) is 23.1. The number of hydrogen-bond donors (Lipinski definition) is 0. The molecule has 0 heterocycles. The van der Waals surface area contributed by atoms with Crippen LogP contribution in [0.2, 0.25) is 0 Å². The average molecular weight is 387 g/mol. The van der Waals surface area contributed by atoms with E-state index in [1.807, 2.05) is 0 Å².